The maximum Gasteiger partial charge on any atom is 0.236 e. The predicted molar refractivity (Wildman–Crippen MR) is 73.4 cm³/mol. The van der Waals surface area contributed by atoms with E-state index in [0.717, 1.165) is 11.3 Å². The second-order valence-electron chi connectivity index (χ2n) is 3.98. The van der Waals surface area contributed by atoms with Crippen LogP contribution < -0.4 is 5.73 Å². The molecule has 19 heavy (non-hydrogen) atoms. The highest BCUT2D eigenvalue weighted by Crippen LogP contribution is 2.16. The minimum atomic E-state index is -0.262. The third-order valence-electron chi connectivity index (χ3n) is 2.50. The van der Waals surface area contributed by atoms with E-state index in [1.807, 2.05) is 19.1 Å². The summed E-state index contributed by atoms with van der Waals surface area (Å²) in [5.74, 6) is 4.77. The monoisotopic (exact) mass is 251 g/mol. The van der Waals surface area contributed by atoms with Crippen LogP contribution in [0.3, 0.4) is 0 Å². The SMILES string of the molecule is Cc1ccnc(-c2cc(C(=O)C#CCN)ccn2)c1. The largest absolute Gasteiger partial charge is 0.320 e. The quantitative estimate of drug-likeness (QED) is 0.500. The normalized spacial score (nSPS) is 9.58. The van der Waals surface area contributed by atoms with Gasteiger partial charge in [0.15, 0.2) is 0 Å². The molecular weight excluding hydrogens is 238 g/mol. The average Bonchev–Trinajstić information content (AvgIpc) is 2.45. The van der Waals surface area contributed by atoms with Crippen LogP contribution in [-0.4, -0.2) is 22.3 Å². The Morgan fingerprint density at radius 3 is 2.58 bits per heavy atom. The van der Waals surface area contributed by atoms with E-state index >= 15 is 0 Å². The first-order chi connectivity index (χ1) is 9.20. The number of carbonyl (C=O) groups is 1. The standard InChI is InChI=1S/C15H13N3O/c1-11-4-7-17-13(9-11)14-10-12(5-8-18-14)15(19)3-2-6-16/h4-5,7-10H,6,16H2,1H3. The Labute approximate surface area is 111 Å². The first-order valence-corrected chi connectivity index (χ1v) is 5.83. The van der Waals surface area contributed by atoms with E-state index in [1.54, 1.807) is 24.5 Å². The highest BCUT2D eigenvalue weighted by molar-refractivity contribution is 6.09. The Kier molecular flexibility index (Phi) is 4.01. The smallest absolute Gasteiger partial charge is 0.236 e. The molecule has 4 nitrogen and oxygen atoms in total. The first-order valence-electron chi connectivity index (χ1n) is 5.83. The second-order valence-corrected chi connectivity index (χ2v) is 3.98. The van der Waals surface area contributed by atoms with Gasteiger partial charge in [0.05, 0.1) is 17.9 Å². The minimum absolute atomic E-state index is 0.170. The summed E-state index contributed by atoms with van der Waals surface area (Å²) in [5.41, 5.74) is 8.22. The van der Waals surface area contributed by atoms with Crippen molar-refractivity contribution < 1.29 is 4.79 Å². The zero-order valence-electron chi connectivity index (χ0n) is 10.6. The molecule has 2 aromatic heterocycles. The van der Waals surface area contributed by atoms with Crippen LogP contribution in [-0.2, 0) is 0 Å². The molecule has 0 aliphatic heterocycles. The van der Waals surface area contributed by atoms with Crippen molar-refractivity contribution in [2.75, 3.05) is 6.54 Å². The van der Waals surface area contributed by atoms with E-state index in [1.165, 1.54) is 0 Å². The summed E-state index contributed by atoms with van der Waals surface area (Å²) in [6.07, 6.45) is 3.30. The van der Waals surface area contributed by atoms with Crippen molar-refractivity contribution in [1.82, 2.24) is 9.97 Å². The number of carbonyl (C=O) groups excluding carboxylic acids is 1. The van der Waals surface area contributed by atoms with Gasteiger partial charge in [-0.25, -0.2) is 0 Å². The molecule has 0 saturated heterocycles. The van der Waals surface area contributed by atoms with Crippen molar-refractivity contribution in [2.45, 2.75) is 6.92 Å². The molecule has 2 aromatic rings. The fourth-order valence-electron chi connectivity index (χ4n) is 1.59. The van der Waals surface area contributed by atoms with Crippen LogP contribution in [0.25, 0.3) is 11.4 Å². The highest BCUT2D eigenvalue weighted by atomic mass is 16.1. The van der Waals surface area contributed by atoms with Gasteiger partial charge < -0.3 is 5.73 Å². The molecule has 4 heteroatoms. The number of rotatable bonds is 2. The Morgan fingerprint density at radius 2 is 1.89 bits per heavy atom. The maximum atomic E-state index is 11.8. The molecule has 2 heterocycles. The van der Waals surface area contributed by atoms with Gasteiger partial charge in [0, 0.05) is 18.0 Å². The van der Waals surface area contributed by atoms with E-state index in [0.29, 0.717) is 11.3 Å². The average molecular weight is 251 g/mol. The van der Waals surface area contributed by atoms with Gasteiger partial charge in [-0.2, -0.15) is 0 Å². The van der Waals surface area contributed by atoms with Crippen molar-refractivity contribution in [3.8, 4) is 23.2 Å². The molecule has 0 saturated carbocycles. The van der Waals surface area contributed by atoms with Gasteiger partial charge >= 0.3 is 0 Å². The Morgan fingerprint density at radius 1 is 1.21 bits per heavy atom. The summed E-state index contributed by atoms with van der Waals surface area (Å²) in [6, 6.07) is 7.15. The molecule has 0 unspecified atom stereocenters. The molecule has 0 aromatic carbocycles. The van der Waals surface area contributed by atoms with Crippen LogP contribution in [0.2, 0.25) is 0 Å². The van der Waals surface area contributed by atoms with Crippen LogP contribution in [0, 0.1) is 18.8 Å². The number of pyridine rings is 2. The number of nitrogens with zero attached hydrogens (tertiary/aromatic N) is 2. The van der Waals surface area contributed by atoms with Gasteiger partial charge in [-0.15, -0.1) is 0 Å². The van der Waals surface area contributed by atoms with Crippen molar-refractivity contribution >= 4 is 5.78 Å². The van der Waals surface area contributed by atoms with Gasteiger partial charge in [0.2, 0.25) is 5.78 Å². The van der Waals surface area contributed by atoms with Crippen LogP contribution in [0.1, 0.15) is 15.9 Å². The number of hydrogen-bond acceptors (Lipinski definition) is 4. The van der Waals surface area contributed by atoms with E-state index in [4.69, 9.17) is 5.73 Å². The molecule has 0 aliphatic carbocycles. The minimum Gasteiger partial charge on any atom is -0.320 e. The van der Waals surface area contributed by atoms with Crippen LogP contribution >= 0.6 is 0 Å². The lowest BCUT2D eigenvalue weighted by Crippen LogP contribution is -1.99. The van der Waals surface area contributed by atoms with Crippen molar-refractivity contribution in [3.63, 3.8) is 0 Å². The van der Waals surface area contributed by atoms with Crippen molar-refractivity contribution in [1.29, 1.82) is 0 Å². The van der Waals surface area contributed by atoms with Crippen LogP contribution in [0.5, 0.6) is 0 Å². The van der Waals surface area contributed by atoms with Crippen LogP contribution in [0.15, 0.2) is 36.7 Å². The van der Waals surface area contributed by atoms with Gasteiger partial charge in [0.25, 0.3) is 0 Å². The molecular formula is C15H13N3O. The number of nitrogens with two attached hydrogens (primary N) is 1. The number of aryl methyl sites for hydroxylation is 1. The summed E-state index contributed by atoms with van der Waals surface area (Å²) in [7, 11) is 0. The predicted octanol–water partition coefficient (Wildman–Crippen LogP) is 1.60. The summed E-state index contributed by atoms with van der Waals surface area (Å²) < 4.78 is 0. The third-order valence-corrected chi connectivity index (χ3v) is 2.50. The topological polar surface area (TPSA) is 68.9 Å². The first kappa shape index (κ1) is 12.9. The lowest BCUT2D eigenvalue weighted by molar-refractivity contribution is 0.105. The zero-order valence-corrected chi connectivity index (χ0v) is 10.6. The zero-order chi connectivity index (χ0) is 13.7. The van der Waals surface area contributed by atoms with E-state index in [-0.39, 0.29) is 12.3 Å². The number of aromatic nitrogens is 2. The molecule has 0 aliphatic rings. The molecule has 0 bridgehead atoms. The summed E-state index contributed by atoms with van der Waals surface area (Å²) >= 11 is 0. The van der Waals surface area contributed by atoms with Crippen LogP contribution in [0.4, 0.5) is 0 Å². The maximum absolute atomic E-state index is 11.8. The van der Waals surface area contributed by atoms with Gasteiger partial charge in [-0.1, -0.05) is 5.92 Å². The molecule has 2 rings (SSSR count). The fourth-order valence-corrected chi connectivity index (χ4v) is 1.59. The van der Waals surface area contributed by atoms with Crippen molar-refractivity contribution in [2.24, 2.45) is 5.73 Å². The van der Waals surface area contributed by atoms with E-state index < -0.39 is 0 Å². The summed E-state index contributed by atoms with van der Waals surface area (Å²) in [5, 5.41) is 0. The number of Topliss-reactive ketones (excluding diaryl/α,β-unsaturated/α-hetero) is 1. The molecule has 0 amide bonds. The molecule has 0 atom stereocenters. The molecule has 0 fully saturated rings. The van der Waals surface area contributed by atoms with E-state index in [2.05, 4.69) is 21.8 Å². The number of hydrogen-bond donors (Lipinski definition) is 1. The lowest BCUT2D eigenvalue weighted by Gasteiger charge is -2.02. The molecule has 94 valence electrons. The lowest BCUT2D eigenvalue weighted by atomic mass is 10.1. The second kappa shape index (κ2) is 5.89. The fraction of sp³-hybridized carbons (Fsp3) is 0.133. The molecule has 2 N–H and O–H groups in total. The van der Waals surface area contributed by atoms with E-state index in [9.17, 15) is 4.79 Å². The summed E-state index contributed by atoms with van der Waals surface area (Å²) in [6.45, 7) is 2.15. The third kappa shape index (κ3) is 3.24. The van der Waals surface area contributed by atoms with Crippen molar-refractivity contribution in [3.05, 3.63) is 47.8 Å². The highest BCUT2D eigenvalue weighted by Gasteiger charge is 2.06. The molecule has 0 spiro atoms. The number of ketones is 1. The Bertz CT molecular complexity index is 668. The molecule has 0 radical (unpaired) electrons. The van der Waals surface area contributed by atoms with Gasteiger partial charge in [-0.3, -0.25) is 14.8 Å². The summed E-state index contributed by atoms with van der Waals surface area (Å²) in [4.78, 5) is 20.2. The Balaban J connectivity index is 2.37. The van der Waals surface area contributed by atoms with Gasteiger partial charge in [-0.05, 0) is 42.7 Å². The van der Waals surface area contributed by atoms with Gasteiger partial charge in [0.1, 0.15) is 0 Å². The Hall–Kier alpha value is -2.51.